The second-order valence-electron chi connectivity index (χ2n) is 7.61. The summed E-state index contributed by atoms with van der Waals surface area (Å²) in [5, 5.41) is 0. The summed E-state index contributed by atoms with van der Waals surface area (Å²) in [5.41, 5.74) is 10.2. The van der Waals surface area contributed by atoms with Crippen LogP contribution in [0.25, 0.3) is 0 Å². The molecule has 2 aromatic rings. The Hall–Kier alpha value is -2.76. The van der Waals surface area contributed by atoms with Crippen LogP contribution in [0.3, 0.4) is 0 Å². The van der Waals surface area contributed by atoms with Gasteiger partial charge in [-0.05, 0) is 61.7 Å². The van der Waals surface area contributed by atoms with E-state index in [1.807, 2.05) is 24.0 Å². The molecule has 1 fully saturated rings. The molecular formula is C22H27FN4O. The lowest BCUT2D eigenvalue weighted by Gasteiger charge is -2.41. The van der Waals surface area contributed by atoms with Crippen molar-refractivity contribution in [3.63, 3.8) is 0 Å². The molecule has 1 atom stereocenters. The van der Waals surface area contributed by atoms with Crippen molar-refractivity contribution >= 4 is 23.0 Å². The van der Waals surface area contributed by atoms with E-state index in [9.17, 15) is 9.18 Å². The first-order chi connectivity index (χ1) is 13.5. The van der Waals surface area contributed by atoms with Gasteiger partial charge >= 0.3 is 0 Å². The summed E-state index contributed by atoms with van der Waals surface area (Å²) in [4.78, 5) is 19.5. The predicted octanol–water partition coefficient (Wildman–Crippen LogP) is 2.90. The maximum Gasteiger partial charge on any atom is 0.245 e. The second-order valence-corrected chi connectivity index (χ2v) is 7.61. The second kappa shape index (κ2) is 7.70. The molecule has 2 aliphatic heterocycles. The van der Waals surface area contributed by atoms with E-state index in [1.165, 1.54) is 12.1 Å². The van der Waals surface area contributed by atoms with Gasteiger partial charge in [0.05, 0.1) is 0 Å². The predicted molar refractivity (Wildman–Crippen MR) is 111 cm³/mol. The molecule has 4 rings (SSSR count). The molecule has 0 aliphatic carbocycles. The number of amides is 1. The number of nitrogens with two attached hydrogens (primary N) is 1. The fraction of sp³-hybridized carbons (Fsp3) is 0.409. The monoisotopic (exact) mass is 382 g/mol. The molecule has 2 N–H and O–H groups in total. The van der Waals surface area contributed by atoms with Crippen LogP contribution in [0.1, 0.15) is 18.9 Å². The van der Waals surface area contributed by atoms with E-state index in [0.717, 1.165) is 55.1 Å². The molecule has 0 bridgehead atoms. The highest BCUT2D eigenvalue weighted by molar-refractivity contribution is 5.86. The van der Waals surface area contributed by atoms with E-state index in [2.05, 4.69) is 15.9 Å². The summed E-state index contributed by atoms with van der Waals surface area (Å²) in [5.74, 6) is -0.0668. The Kier molecular flexibility index (Phi) is 5.11. The number of hydrogen-bond acceptors (Lipinski definition) is 4. The van der Waals surface area contributed by atoms with Gasteiger partial charge in [0.2, 0.25) is 5.91 Å². The number of fused-ring (bicyclic) bond motifs is 1. The van der Waals surface area contributed by atoms with Crippen molar-refractivity contribution in [2.75, 3.05) is 48.3 Å². The molecule has 0 spiro atoms. The van der Waals surface area contributed by atoms with Crippen LogP contribution in [0.5, 0.6) is 0 Å². The minimum absolute atomic E-state index is 0.161. The minimum atomic E-state index is -0.228. The Labute approximate surface area is 165 Å². The lowest BCUT2D eigenvalue weighted by molar-refractivity contribution is -0.132. The number of rotatable bonds is 3. The van der Waals surface area contributed by atoms with Crippen molar-refractivity contribution in [3.05, 3.63) is 53.8 Å². The fourth-order valence-electron chi connectivity index (χ4n) is 4.32. The molecule has 2 aliphatic rings. The number of anilines is 3. The maximum atomic E-state index is 13.2. The molecular weight excluding hydrogens is 355 g/mol. The highest BCUT2D eigenvalue weighted by Gasteiger charge is 2.31. The fourth-order valence-corrected chi connectivity index (χ4v) is 4.32. The number of benzene rings is 2. The summed E-state index contributed by atoms with van der Waals surface area (Å²) in [7, 11) is 0. The molecule has 1 unspecified atom stereocenters. The molecule has 148 valence electrons. The van der Waals surface area contributed by atoms with Gasteiger partial charge in [-0.25, -0.2) is 4.39 Å². The zero-order chi connectivity index (χ0) is 19.7. The third-order valence-electron chi connectivity index (χ3n) is 5.93. The van der Waals surface area contributed by atoms with Crippen molar-refractivity contribution in [2.45, 2.75) is 25.8 Å². The molecule has 5 nitrogen and oxygen atoms in total. The Balaban J connectivity index is 1.42. The highest BCUT2D eigenvalue weighted by atomic mass is 19.1. The quantitative estimate of drug-likeness (QED) is 0.830. The number of carbonyl (C=O) groups excluding carboxylic acids is 1. The summed E-state index contributed by atoms with van der Waals surface area (Å²) >= 11 is 0. The molecule has 6 heteroatoms. The van der Waals surface area contributed by atoms with Crippen LogP contribution in [0.2, 0.25) is 0 Å². The molecule has 1 amide bonds. The normalized spacial score (nSPS) is 18.0. The van der Waals surface area contributed by atoms with E-state index < -0.39 is 0 Å². The summed E-state index contributed by atoms with van der Waals surface area (Å²) in [6.45, 7) is 5.74. The lowest BCUT2D eigenvalue weighted by Crippen LogP contribution is -2.55. The van der Waals surface area contributed by atoms with Crippen LogP contribution in [-0.2, 0) is 11.2 Å². The van der Waals surface area contributed by atoms with E-state index in [-0.39, 0.29) is 17.8 Å². The lowest BCUT2D eigenvalue weighted by atomic mass is 9.98. The van der Waals surface area contributed by atoms with Crippen molar-refractivity contribution in [3.8, 4) is 0 Å². The van der Waals surface area contributed by atoms with Gasteiger partial charge in [-0.1, -0.05) is 6.07 Å². The minimum Gasteiger partial charge on any atom is -0.398 e. The molecule has 28 heavy (non-hydrogen) atoms. The van der Waals surface area contributed by atoms with Gasteiger partial charge in [0.25, 0.3) is 0 Å². The van der Waals surface area contributed by atoms with Gasteiger partial charge in [0.1, 0.15) is 11.9 Å². The van der Waals surface area contributed by atoms with Gasteiger partial charge in [-0.15, -0.1) is 0 Å². The maximum absolute atomic E-state index is 13.2. The van der Waals surface area contributed by atoms with Crippen LogP contribution in [0.15, 0.2) is 42.5 Å². The largest absolute Gasteiger partial charge is 0.398 e. The van der Waals surface area contributed by atoms with E-state index in [0.29, 0.717) is 13.1 Å². The van der Waals surface area contributed by atoms with Gasteiger partial charge < -0.3 is 20.4 Å². The summed E-state index contributed by atoms with van der Waals surface area (Å²) < 4.78 is 13.1. The highest BCUT2D eigenvalue weighted by Crippen LogP contribution is 2.33. The number of hydrogen-bond donors (Lipinski definition) is 1. The van der Waals surface area contributed by atoms with Gasteiger partial charge in [-0.3, -0.25) is 4.79 Å². The number of carbonyl (C=O) groups is 1. The zero-order valence-electron chi connectivity index (χ0n) is 16.3. The standard InChI is InChI=1S/C22H27FN4O/c1-16(27-11-3-4-19-20(24)5-2-6-21(19)27)22(28)26-14-12-25(13-15-26)18-9-7-17(23)8-10-18/h2,5-10,16H,3-4,11-15,24H2,1H3. The van der Waals surface area contributed by atoms with Crippen LogP contribution in [-0.4, -0.2) is 49.6 Å². The van der Waals surface area contributed by atoms with Crippen molar-refractivity contribution < 1.29 is 9.18 Å². The SMILES string of the molecule is CC(C(=O)N1CCN(c2ccc(F)cc2)CC1)N1CCCc2c(N)cccc21. The van der Waals surface area contributed by atoms with Gasteiger partial charge in [0, 0.05) is 49.8 Å². The van der Waals surface area contributed by atoms with Crippen molar-refractivity contribution in [1.29, 1.82) is 0 Å². The first kappa shape index (κ1) is 18.6. The third kappa shape index (κ3) is 3.51. The number of nitrogen functional groups attached to an aromatic ring is 1. The first-order valence-corrected chi connectivity index (χ1v) is 9.98. The Morgan fingerprint density at radius 1 is 1.04 bits per heavy atom. The van der Waals surface area contributed by atoms with Crippen LogP contribution in [0.4, 0.5) is 21.5 Å². The Morgan fingerprint density at radius 2 is 1.75 bits per heavy atom. The van der Waals surface area contributed by atoms with Crippen molar-refractivity contribution in [2.24, 2.45) is 0 Å². The number of piperazine rings is 1. The Bertz CT molecular complexity index is 846. The number of nitrogens with zero attached hydrogens (tertiary/aromatic N) is 3. The van der Waals surface area contributed by atoms with Crippen LogP contribution < -0.4 is 15.5 Å². The molecule has 0 radical (unpaired) electrons. The van der Waals surface area contributed by atoms with Gasteiger partial charge in [0.15, 0.2) is 0 Å². The van der Waals surface area contributed by atoms with Crippen LogP contribution in [0, 0.1) is 5.82 Å². The molecule has 0 aromatic heterocycles. The van der Waals surface area contributed by atoms with E-state index >= 15 is 0 Å². The Morgan fingerprint density at radius 3 is 2.46 bits per heavy atom. The summed E-state index contributed by atoms with van der Waals surface area (Å²) in [6.07, 6.45) is 1.98. The first-order valence-electron chi connectivity index (χ1n) is 9.98. The molecule has 1 saturated heterocycles. The van der Waals surface area contributed by atoms with Crippen LogP contribution >= 0.6 is 0 Å². The van der Waals surface area contributed by atoms with E-state index in [1.54, 1.807) is 12.1 Å². The molecule has 2 aromatic carbocycles. The van der Waals surface area contributed by atoms with Crippen molar-refractivity contribution in [1.82, 2.24) is 4.90 Å². The van der Waals surface area contributed by atoms with Gasteiger partial charge in [-0.2, -0.15) is 0 Å². The third-order valence-corrected chi connectivity index (χ3v) is 5.93. The summed E-state index contributed by atoms with van der Waals surface area (Å²) in [6, 6.07) is 12.3. The average Bonchev–Trinajstić information content (AvgIpc) is 2.73. The molecule has 2 heterocycles. The molecule has 0 saturated carbocycles. The average molecular weight is 382 g/mol. The topological polar surface area (TPSA) is 52.8 Å². The van der Waals surface area contributed by atoms with E-state index in [4.69, 9.17) is 5.73 Å². The smallest absolute Gasteiger partial charge is 0.245 e. The zero-order valence-corrected chi connectivity index (χ0v) is 16.3. The number of halogens is 1.